The van der Waals surface area contributed by atoms with Crippen LogP contribution < -0.4 is 0 Å². The molecule has 2 heteroatoms. The van der Waals surface area contributed by atoms with E-state index in [0.29, 0.717) is 5.92 Å². The molecule has 1 aromatic heterocycles. The van der Waals surface area contributed by atoms with E-state index >= 15 is 0 Å². The first kappa shape index (κ1) is 9.38. The second-order valence-electron chi connectivity index (χ2n) is 4.14. The molecule has 1 aliphatic rings. The zero-order valence-electron chi connectivity index (χ0n) is 8.92. The Hall–Kier alpha value is -1.18. The lowest BCUT2D eigenvalue weighted by Crippen LogP contribution is -2.03. The molecule has 1 aromatic rings. The maximum Gasteiger partial charge on any atom is 0.152 e. The van der Waals surface area contributed by atoms with Gasteiger partial charge in [-0.15, -0.1) is 0 Å². The Kier molecular flexibility index (Phi) is 2.14. The molecule has 1 aliphatic carbocycles. The van der Waals surface area contributed by atoms with Gasteiger partial charge >= 0.3 is 0 Å². The van der Waals surface area contributed by atoms with Crippen molar-refractivity contribution in [3.63, 3.8) is 0 Å². The third-order valence-corrected chi connectivity index (χ3v) is 3.16. The van der Waals surface area contributed by atoms with Gasteiger partial charge in [-0.1, -0.05) is 0 Å². The molecule has 0 atom stereocenters. The number of pyridine rings is 1. The summed E-state index contributed by atoms with van der Waals surface area (Å²) in [5.74, 6) is 0.549. The molecular formula is C12H15NO. The maximum atomic E-state index is 11.0. The minimum absolute atomic E-state index is 0.549. The molecule has 0 saturated heterocycles. The second-order valence-corrected chi connectivity index (χ2v) is 4.14. The Bertz CT molecular complexity index is 392. The van der Waals surface area contributed by atoms with Gasteiger partial charge in [-0.25, -0.2) is 0 Å². The molecule has 0 aromatic carbocycles. The number of nitrogens with zero attached hydrogens (tertiary/aromatic N) is 1. The predicted molar refractivity (Wildman–Crippen MR) is 55.8 cm³/mol. The van der Waals surface area contributed by atoms with Crippen LogP contribution in [0, 0.1) is 20.8 Å². The number of aldehydes is 1. The Morgan fingerprint density at radius 1 is 1.21 bits per heavy atom. The number of aryl methyl sites for hydroxylation is 1. The third-order valence-electron chi connectivity index (χ3n) is 3.16. The largest absolute Gasteiger partial charge is 0.298 e. The molecule has 0 N–H and O–H groups in total. The molecule has 0 amide bonds. The number of aromatic nitrogens is 1. The SMILES string of the molecule is Cc1nc(C2CC2)c(C=O)c(C)c1C. The summed E-state index contributed by atoms with van der Waals surface area (Å²) in [6.45, 7) is 6.06. The minimum Gasteiger partial charge on any atom is -0.298 e. The topological polar surface area (TPSA) is 30.0 Å². The fraction of sp³-hybridized carbons (Fsp3) is 0.500. The van der Waals surface area contributed by atoms with Gasteiger partial charge in [-0.2, -0.15) is 0 Å². The summed E-state index contributed by atoms with van der Waals surface area (Å²) in [6, 6.07) is 0. The molecule has 0 spiro atoms. The van der Waals surface area contributed by atoms with Gasteiger partial charge in [0.1, 0.15) is 0 Å². The van der Waals surface area contributed by atoms with Crippen LogP contribution in [0.2, 0.25) is 0 Å². The maximum absolute atomic E-state index is 11.0. The zero-order valence-corrected chi connectivity index (χ0v) is 8.92. The summed E-state index contributed by atoms with van der Waals surface area (Å²) < 4.78 is 0. The van der Waals surface area contributed by atoms with Gasteiger partial charge in [0, 0.05) is 17.2 Å². The molecule has 0 aliphatic heterocycles. The summed E-state index contributed by atoms with van der Waals surface area (Å²) in [5, 5.41) is 0. The van der Waals surface area contributed by atoms with Crippen molar-refractivity contribution in [2.75, 3.05) is 0 Å². The standard InChI is InChI=1S/C12H15NO/c1-7-8(2)11(6-14)12(10-4-5-10)13-9(7)3/h6,10H,4-5H2,1-3H3. The number of hydrogen-bond donors (Lipinski definition) is 0. The molecule has 0 unspecified atom stereocenters. The Morgan fingerprint density at radius 3 is 2.36 bits per heavy atom. The molecule has 0 radical (unpaired) electrons. The number of carbonyl (C=O) groups excluding carboxylic acids is 1. The van der Waals surface area contributed by atoms with Crippen molar-refractivity contribution in [3.05, 3.63) is 28.1 Å². The predicted octanol–water partition coefficient (Wildman–Crippen LogP) is 2.70. The lowest BCUT2D eigenvalue weighted by molar-refractivity contribution is 0.112. The highest BCUT2D eigenvalue weighted by atomic mass is 16.1. The quantitative estimate of drug-likeness (QED) is 0.669. The summed E-state index contributed by atoms with van der Waals surface area (Å²) in [7, 11) is 0. The van der Waals surface area contributed by atoms with Crippen LogP contribution in [0.1, 0.15) is 51.6 Å². The van der Waals surface area contributed by atoms with Crippen LogP contribution >= 0.6 is 0 Å². The molecule has 1 saturated carbocycles. The third kappa shape index (κ3) is 1.35. The zero-order chi connectivity index (χ0) is 10.3. The highest BCUT2D eigenvalue weighted by Gasteiger charge is 2.29. The van der Waals surface area contributed by atoms with E-state index in [1.165, 1.54) is 12.8 Å². The van der Waals surface area contributed by atoms with Gasteiger partial charge in [-0.05, 0) is 44.7 Å². The summed E-state index contributed by atoms with van der Waals surface area (Å²) in [4.78, 5) is 15.5. The van der Waals surface area contributed by atoms with Crippen molar-refractivity contribution in [1.82, 2.24) is 4.98 Å². The van der Waals surface area contributed by atoms with Crippen molar-refractivity contribution in [2.24, 2.45) is 0 Å². The van der Waals surface area contributed by atoms with Gasteiger partial charge in [-0.3, -0.25) is 9.78 Å². The van der Waals surface area contributed by atoms with E-state index in [2.05, 4.69) is 4.98 Å². The fourth-order valence-corrected chi connectivity index (χ4v) is 1.81. The van der Waals surface area contributed by atoms with Gasteiger partial charge in [0.15, 0.2) is 6.29 Å². The fourth-order valence-electron chi connectivity index (χ4n) is 1.81. The van der Waals surface area contributed by atoms with Crippen molar-refractivity contribution >= 4 is 6.29 Å². The molecule has 2 rings (SSSR count). The van der Waals surface area contributed by atoms with Gasteiger partial charge in [0.2, 0.25) is 0 Å². The van der Waals surface area contributed by atoms with E-state index < -0.39 is 0 Å². The highest BCUT2D eigenvalue weighted by molar-refractivity contribution is 5.80. The average Bonchev–Trinajstić information content (AvgIpc) is 2.97. The first-order chi connectivity index (χ1) is 6.65. The minimum atomic E-state index is 0.549. The molecule has 1 fully saturated rings. The van der Waals surface area contributed by atoms with Crippen molar-refractivity contribution < 1.29 is 4.79 Å². The van der Waals surface area contributed by atoms with Gasteiger partial charge in [0.25, 0.3) is 0 Å². The van der Waals surface area contributed by atoms with E-state index in [1.54, 1.807) is 0 Å². The van der Waals surface area contributed by atoms with E-state index in [4.69, 9.17) is 0 Å². The summed E-state index contributed by atoms with van der Waals surface area (Å²) in [6.07, 6.45) is 3.34. The highest BCUT2D eigenvalue weighted by Crippen LogP contribution is 2.41. The molecule has 74 valence electrons. The second kappa shape index (κ2) is 3.19. The molecule has 1 heterocycles. The van der Waals surface area contributed by atoms with Crippen LogP contribution in [0.3, 0.4) is 0 Å². The normalized spacial score (nSPS) is 15.6. The number of carbonyl (C=O) groups is 1. The first-order valence-corrected chi connectivity index (χ1v) is 5.08. The molecule has 0 bridgehead atoms. The lowest BCUT2D eigenvalue weighted by Gasteiger charge is -2.11. The van der Waals surface area contributed by atoms with E-state index in [9.17, 15) is 4.79 Å². The van der Waals surface area contributed by atoms with E-state index in [-0.39, 0.29) is 0 Å². The number of rotatable bonds is 2. The monoisotopic (exact) mass is 189 g/mol. The van der Waals surface area contributed by atoms with Gasteiger partial charge in [0.05, 0.1) is 5.69 Å². The Morgan fingerprint density at radius 2 is 1.86 bits per heavy atom. The van der Waals surface area contributed by atoms with E-state index in [1.807, 2.05) is 20.8 Å². The van der Waals surface area contributed by atoms with Crippen LogP contribution in [0.4, 0.5) is 0 Å². The Labute approximate surface area is 84.4 Å². The molecule has 2 nitrogen and oxygen atoms in total. The summed E-state index contributed by atoms with van der Waals surface area (Å²) in [5.41, 5.74) is 5.18. The van der Waals surface area contributed by atoms with E-state index in [0.717, 1.165) is 34.4 Å². The van der Waals surface area contributed by atoms with Crippen molar-refractivity contribution in [3.8, 4) is 0 Å². The average molecular weight is 189 g/mol. The van der Waals surface area contributed by atoms with Crippen molar-refractivity contribution in [1.29, 1.82) is 0 Å². The Balaban J connectivity index is 2.63. The lowest BCUT2D eigenvalue weighted by atomic mass is 10.00. The van der Waals surface area contributed by atoms with Crippen LogP contribution in [0.15, 0.2) is 0 Å². The van der Waals surface area contributed by atoms with Crippen LogP contribution in [0.25, 0.3) is 0 Å². The van der Waals surface area contributed by atoms with Crippen LogP contribution in [-0.2, 0) is 0 Å². The summed E-state index contributed by atoms with van der Waals surface area (Å²) >= 11 is 0. The molecular weight excluding hydrogens is 174 g/mol. The molecule has 14 heavy (non-hydrogen) atoms. The van der Waals surface area contributed by atoms with Gasteiger partial charge < -0.3 is 0 Å². The van der Waals surface area contributed by atoms with Crippen LogP contribution in [-0.4, -0.2) is 11.3 Å². The smallest absolute Gasteiger partial charge is 0.152 e. The van der Waals surface area contributed by atoms with Crippen molar-refractivity contribution in [2.45, 2.75) is 39.5 Å². The number of hydrogen-bond acceptors (Lipinski definition) is 2. The first-order valence-electron chi connectivity index (χ1n) is 5.08. The van der Waals surface area contributed by atoms with Crippen LogP contribution in [0.5, 0.6) is 0 Å².